The smallest absolute Gasteiger partial charge is 0.257 e. The molecule has 3 rings (SSSR count). The number of carbonyl (C=O) groups is 2. The molecule has 1 aliphatic rings. The number of nitrogens with zero attached hydrogens (tertiary/aromatic N) is 1. The first-order valence-electron chi connectivity index (χ1n) is 7.97. The van der Waals surface area contributed by atoms with Crippen LogP contribution in [-0.4, -0.2) is 29.2 Å². The van der Waals surface area contributed by atoms with Crippen molar-refractivity contribution in [2.45, 2.75) is 23.5 Å². The van der Waals surface area contributed by atoms with Crippen LogP contribution in [-0.2, 0) is 0 Å². The van der Waals surface area contributed by atoms with Crippen molar-refractivity contribution in [3.8, 4) is 0 Å². The molecule has 0 aliphatic carbocycles. The molecule has 2 amide bonds. The molecule has 0 radical (unpaired) electrons. The highest BCUT2D eigenvalue weighted by atomic mass is 35.5. The molecule has 0 unspecified atom stereocenters. The molecule has 3 N–H and O–H groups in total. The Morgan fingerprint density at radius 3 is 2.56 bits per heavy atom. The van der Waals surface area contributed by atoms with Gasteiger partial charge in [0.2, 0.25) is 0 Å². The molecule has 1 fully saturated rings. The van der Waals surface area contributed by atoms with Gasteiger partial charge >= 0.3 is 0 Å². The topological polar surface area (TPSA) is 75.4 Å². The van der Waals surface area contributed by atoms with Crippen molar-refractivity contribution in [3.05, 3.63) is 46.5 Å². The van der Waals surface area contributed by atoms with E-state index in [0.29, 0.717) is 21.2 Å². The van der Waals surface area contributed by atoms with Crippen molar-refractivity contribution in [1.29, 1.82) is 0 Å². The number of nitrogens with one attached hydrogen (secondary N) is 1. The molecular weight excluding hydrogens is 378 g/mol. The Labute approximate surface area is 159 Å². The molecule has 0 atom stereocenters. The summed E-state index contributed by atoms with van der Waals surface area (Å²) in [5.41, 5.74) is 6.16. The van der Waals surface area contributed by atoms with E-state index >= 15 is 0 Å². The van der Waals surface area contributed by atoms with Crippen LogP contribution in [0.15, 0.2) is 34.5 Å². The molecule has 1 saturated heterocycles. The van der Waals surface area contributed by atoms with E-state index in [4.69, 9.17) is 17.3 Å². The number of primary amides is 1. The van der Waals surface area contributed by atoms with Gasteiger partial charge in [-0.2, -0.15) is 0 Å². The zero-order chi connectivity index (χ0) is 17.8. The summed E-state index contributed by atoms with van der Waals surface area (Å²) < 4.78 is 3.21. The van der Waals surface area contributed by atoms with Gasteiger partial charge in [-0.1, -0.05) is 30.2 Å². The first kappa shape index (κ1) is 18.3. The summed E-state index contributed by atoms with van der Waals surface area (Å²) in [5, 5.41) is 3.59. The highest BCUT2D eigenvalue weighted by molar-refractivity contribution is 7.99. The van der Waals surface area contributed by atoms with Crippen molar-refractivity contribution in [2.75, 3.05) is 18.4 Å². The number of hydrogen-bond acceptors (Lipinski definition) is 5. The number of hydrogen-bond donors (Lipinski definition) is 2. The predicted octanol–water partition coefficient (Wildman–Crippen LogP) is 4.25. The Morgan fingerprint density at radius 2 is 1.88 bits per heavy atom. The first-order valence-corrected chi connectivity index (χ1v) is 9.94. The average molecular weight is 396 g/mol. The molecule has 0 bridgehead atoms. The Kier molecular flexibility index (Phi) is 6.01. The maximum atomic E-state index is 12.5. The monoisotopic (exact) mass is 395 g/mol. The standard InChI is InChI=1S/C17H18ClN3O2S2/c18-13-7-3-2-6-11(13)16(23)20-17-12(15(19)22)10-14(24-17)25-21-8-4-1-5-9-21/h2-3,6-7,10H,1,4-5,8-9H2,(H2,19,22)(H,20,23). The quantitative estimate of drug-likeness (QED) is 0.742. The molecule has 1 aromatic carbocycles. The molecular formula is C17H18ClN3O2S2. The maximum Gasteiger partial charge on any atom is 0.257 e. The van der Waals surface area contributed by atoms with Gasteiger partial charge in [0.05, 0.1) is 20.4 Å². The van der Waals surface area contributed by atoms with E-state index in [-0.39, 0.29) is 5.91 Å². The largest absolute Gasteiger partial charge is 0.366 e. The molecule has 1 aliphatic heterocycles. The van der Waals surface area contributed by atoms with Gasteiger partial charge in [-0.15, -0.1) is 11.3 Å². The van der Waals surface area contributed by atoms with E-state index < -0.39 is 5.91 Å². The number of anilines is 1. The summed E-state index contributed by atoms with van der Waals surface area (Å²) >= 11 is 9.03. The van der Waals surface area contributed by atoms with Gasteiger partial charge in [0.25, 0.3) is 11.8 Å². The van der Waals surface area contributed by atoms with E-state index in [2.05, 4.69) is 9.62 Å². The fraction of sp³-hybridized carbons (Fsp3) is 0.294. The highest BCUT2D eigenvalue weighted by Crippen LogP contribution is 2.37. The number of thiophene rings is 1. The third-order valence-electron chi connectivity index (χ3n) is 3.85. The van der Waals surface area contributed by atoms with Gasteiger partial charge < -0.3 is 11.1 Å². The van der Waals surface area contributed by atoms with Gasteiger partial charge in [-0.3, -0.25) is 9.59 Å². The first-order chi connectivity index (χ1) is 12.0. The molecule has 132 valence electrons. The van der Waals surface area contributed by atoms with Crippen molar-refractivity contribution >= 4 is 51.7 Å². The number of carbonyl (C=O) groups excluding carboxylic acids is 2. The third-order valence-corrected chi connectivity index (χ3v) is 6.42. The highest BCUT2D eigenvalue weighted by Gasteiger charge is 2.20. The summed E-state index contributed by atoms with van der Waals surface area (Å²) in [6.07, 6.45) is 3.61. The fourth-order valence-corrected chi connectivity index (χ4v) is 5.18. The van der Waals surface area contributed by atoms with E-state index in [1.165, 1.54) is 30.6 Å². The zero-order valence-electron chi connectivity index (χ0n) is 13.5. The molecule has 2 aromatic rings. The third kappa shape index (κ3) is 4.55. The minimum atomic E-state index is -0.559. The number of rotatable bonds is 5. The second-order valence-electron chi connectivity index (χ2n) is 5.69. The molecule has 8 heteroatoms. The van der Waals surface area contributed by atoms with Crippen molar-refractivity contribution < 1.29 is 9.59 Å². The van der Waals surface area contributed by atoms with Crippen LogP contribution in [0.25, 0.3) is 0 Å². The van der Waals surface area contributed by atoms with Gasteiger partial charge in [0.1, 0.15) is 5.00 Å². The zero-order valence-corrected chi connectivity index (χ0v) is 15.8. The number of amides is 2. The lowest BCUT2D eigenvalue weighted by atomic mass is 10.2. The van der Waals surface area contributed by atoms with Gasteiger partial charge in [-0.25, -0.2) is 4.31 Å². The number of piperidine rings is 1. The Balaban J connectivity index is 1.78. The van der Waals surface area contributed by atoms with Crippen LogP contribution in [0, 0.1) is 0 Å². The van der Waals surface area contributed by atoms with E-state index in [0.717, 1.165) is 17.3 Å². The van der Waals surface area contributed by atoms with Crippen molar-refractivity contribution in [2.24, 2.45) is 5.73 Å². The van der Waals surface area contributed by atoms with Crippen LogP contribution in [0.1, 0.15) is 40.0 Å². The van der Waals surface area contributed by atoms with Crippen LogP contribution in [0.5, 0.6) is 0 Å². The van der Waals surface area contributed by atoms with Crippen LogP contribution in [0.2, 0.25) is 5.02 Å². The van der Waals surface area contributed by atoms with Crippen LogP contribution < -0.4 is 11.1 Å². The Hall–Kier alpha value is -1.54. The molecule has 2 heterocycles. The van der Waals surface area contributed by atoms with E-state index in [9.17, 15) is 9.59 Å². The van der Waals surface area contributed by atoms with Crippen molar-refractivity contribution in [3.63, 3.8) is 0 Å². The number of benzene rings is 1. The van der Waals surface area contributed by atoms with Crippen molar-refractivity contribution in [1.82, 2.24) is 4.31 Å². The summed E-state index contributed by atoms with van der Waals surface area (Å²) in [5.74, 6) is -0.916. The predicted molar refractivity (Wildman–Crippen MR) is 104 cm³/mol. The minimum absolute atomic E-state index is 0.324. The molecule has 0 spiro atoms. The SMILES string of the molecule is NC(=O)c1cc(SN2CCCCC2)sc1NC(=O)c1ccccc1Cl. The van der Waals surface area contributed by atoms with Crippen LogP contribution >= 0.6 is 34.9 Å². The average Bonchev–Trinajstić information content (AvgIpc) is 2.98. The second-order valence-corrected chi connectivity index (χ2v) is 8.54. The van der Waals surface area contributed by atoms with Crippen LogP contribution in [0.4, 0.5) is 5.00 Å². The Bertz CT molecular complexity index is 788. The fourth-order valence-electron chi connectivity index (χ4n) is 2.59. The summed E-state index contributed by atoms with van der Waals surface area (Å²) in [6, 6.07) is 8.53. The lowest BCUT2D eigenvalue weighted by Crippen LogP contribution is -2.22. The Morgan fingerprint density at radius 1 is 1.16 bits per heavy atom. The van der Waals surface area contributed by atoms with Crippen LogP contribution in [0.3, 0.4) is 0 Å². The summed E-state index contributed by atoms with van der Waals surface area (Å²) in [7, 11) is 0. The molecule has 5 nitrogen and oxygen atoms in total. The molecule has 25 heavy (non-hydrogen) atoms. The second kappa shape index (κ2) is 8.23. The minimum Gasteiger partial charge on any atom is -0.366 e. The lowest BCUT2D eigenvalue weighted by Gasteiger charge is -2.24. The lowest BCUT2D eigenvalue weighted by molar-refractivity contribution is 0.100. The normalized spacial score (nSPS) is 15.1. The molecule has 1 aromatic heterocycles. The van der Waals surface area contributed by atoms with E-state index in [1.54, 1.807) is 42.3 Å². The number of nitrogens with two attached hydrogens (primary N) is 1. The van der Waals surface area contributed by atoms with Gasteiger partial charge in [0.15, 0.2) is 0 Å². The van der Waals surface area contributed by atoms with Gasteiger partial charge in [-0.05, 0) is 43.0 Å². The maximum absolute atomic E-state index is 12.5. The number of halogens is 1. The molecule has 0 saturated carbocycles. The van der Waals surface area contributed by atoms with E-state index in [1.807, 2.05) is 0 Å². The van der Waals surface area contributed by atoms with Gasteiger partial charge in [0, 0.05) is 13.1 Å². The summed E-state index contributed by atoms with van der Waals surface area (Å²) in [4.78, 5) is 24.2. The summed E-state index contributed by atoms with van der Waals surface area (Å²) in [6.45, 7) is 2.05.